The Bertz CT molecular complexity index is 444. The molecule has 0 aromatic heterocycles. The zero-order valence-electron chi connectivity index (χ0n) is 10.4. The maximum Gasteiger partial charge on any atom is 0.133 e. The van der Waals surface area contributed by atoms with Gasteiger partial charge in [0.1, 0.15) is 5.78 Å². The minimum atomic E-state index is 0.280. The Labute approximate surface area is 103 Å². The van der Waals surface area contributed by atoms with Crippen LogP contribution in [0.25, 0.3) is 0 Å². The van der Waals surface area contributed by atoms with Crippen molar-refractivity contribution < 1.29 is 4.79 Å². The maximum absolute atomic E-state index is 11.4. The monoisotopic (exact) mass is 229 g/mol. The van der Waals surface area contributed by atoms with Crippen molar-refractivity contribution in [3.8, 4) is 0 Å². The van der Waals surface area contributed by atoms with E-state index in [9.17, 15) is 4.79 Å². The van der Waals surface area contributed by atoms with Crippen molar-refractivity contribution in [2.45, 2.75) is 45.4 Å². The van der Waals surface area contributed by atoms with E-state index in [1.165, 1.54) is 17.7 Å². The van der Waals surface area contributed by atoms with Crippen molar-refractivity contribution in [1.29, 1.82) is 0 Å². The number of carbonyl (C=O) groups is 1. The van der Waals surface area contributed by atoms with Crippen LogP contribution in [-0.4, -0.2) is 12.0 Å². The van der Waals surface area contributed by atoms with Gasteiger partial charge < -0.3 is 0 Å². The van der Waals surface area contributed by atoms with Crippen molar-refractivity contribution in [2.75, 3.05) is 0 Å². The molecule has 1 heterocycles. The van der Waals surface area contributed by atoms with E-state index in [1.54, 1.807) is 0 Å². The van der Waals surface area contributed by atoms with Crippen LogP contribution in [0.5, 0.6) is 0 Å². The van der Waals surface area contributed by atoms with Crippen LogP contribution >= 0.6 is 0 Å². The van der Waals surface area contributed by atoms with E-state index in [1.807, 2.05) is 6.21 Å². The minimum absolute atomic E-state index is 0.280. The van der Waals surface area contributed by atoms with Crippen molar-refractivity contribution in [1.82, 2.24) is 0 Å². The molecule has 2 unspecified atom stereocenters. The SMILES string of the molecule is CC1=C\CC\C=C(C23CCC(=O)CC2C3)/N=C/1. The predicted molar refractivity (Wildman–Crippen MR) is 69.0 cm³/mol. The van der Waals surface area contributed by atoms with Gasteiger partial charge >= 0.3 is 0 Å². The highest BCUT2D eigenvalue weighted by Gasteiger charge is 2.58. The molecule has 0 N–H and O–H groups in total. The molecule has 2 fully saturated rings. The number of Topliss-reactive ketones (excluding diaryl/α,β-unsaturated/α-hetero) is 1. The smallest absolute Gasteiger partial charge is 0.133 e. The van der Waals surface area contributed by atoms with Gasteiger partial charge in [-0.15, -0.1) is 0 Å². The third-order valence-corrected chi connectivity index (χ3v) is 4.44. The lowest BCUT2D eigenvalue weighted by molar-refractivity contribution is -0.120. The lowest BCUT2D eigenvalue weighted by Crippen LogP contribution is -2.17. The molecule has 2 nitrogen and oxygen atoms in total. The molecule has 17 heavy (non-hydrogen) atoms. The van der Waals surface area contributed by atoms with Crippen LogP contribution < -0.4 is 0 Å². The van der Waals surface area contributed by atoms with Crippen molar-refractivity contribution in [3.05, 3.63) is 23.4 Å². The molecular weight excluding hydrogens is 210 g/mol. The average Bonchev–Trinajstić information content (AvgIpc) is 2.98. The van der Waals surface area contributed by atoms with Crippen LogP contribution in [-0.2, 0) is 4.79 Å². The Morgan fingerprint density at radius 2 is 2.18 bits per heavy atom. The fourth-order valence-electron chi connectivity index (χ4n) is 3.28. The van der Waals surface area contributed by atoms with Crippen LogP contribution in [0.15, 0.2) is 28.4 Å². The Kier molecular flexibility index (Phi) is 2.53. The number of hydrogen-bond donors (Lipinski definition) is 0. The number of fused-ring (bicyclic) bond motifs is 1. The van der Waals surface area contributed by atoms with Crippen LogP contribution in [0.3, 0.4) is 0 Å². The van der Waals surface area contributed by atoms with E-state index in [0.717, 1.165) is 32.1 Å². The summed E-state index contributed by atoms with van der Waals surface area (Å²) < 4.78 is 0. The summed E-state index contributed by atoms with van der Waals surface area (Å²) in [4.78, 5) is 16.1. The van der Waals surface area contributed by atoms with Gasteiger partial charge in [-0.1, -0.05) is 12.2 Å². The third kappa shape index (κ3) is 1.90. The number of allylic oxidation sites excluding steroid dienone is 4. The lowest BCUT2D eigenvalue weighted by Gasteiger charge is -2.22. The molecule has 0 spiro atoms. The standard InChI is InChI=1S/C15H19NO/c1-11-4-2-3-5-14(16-10-11)15-7-6-13(17)8-12(15)9-15/h4-5,10,12H,2-3,6-9H2,1H3/b11-4-,14-5-,16-10+. The molecule has 90 valence electrons. The minimum Gasteiger partial charge on any atom is -0.300 e. The Morgan fingerprint density at radius 1 is 1.35 bits per heavy atom. The van der Waals surface area contributed by atoms with Gasteiger partial charge in [0.15, 0.2) is 0 Å². The van der Waals surface area contributed by atoms with E-state index in [-0.39, 0.29) is 5.41 Å². The number of carbonyl (C=O) groups excluding carboxylic acids is 1. The van der Waals surface area contributed by atoms with Crippen molar-refractivity contribution in [3.63, 3.8) is 0 Å². The molecule has 1 aliphatic heterocycles. The summed E-state index contributed by atoms with van der Waals surface area (Å²) in [6.45, 7) is 2.11. The van der Waals surface area contributed by atoms with Gasteiger partial charge in [-0.05, 0) is 44.1 Å². The maximum atomic E-state index is 11.4. The highest BCUT2D eigenvalue weighted by Crippen LogP contribution is 2.65. The zero-order chi connectivity index (χ0) is 11.9. The summed E-state index contributed by atoms with van der Waals surface area (Å²) in [6.07, 6.45) is 12.5. The second-order valence-electron chi connectivity index (χ2n) is 5.67. The van der Waals surface area contributed by atoms with Crippen molar-refractivity contribution in [2.24, 2.45) is 16.3 Å². The number of rotatable bonds is 1. The molecule has 0 amide bonds. The molecule has 0 radical (unpaired) electrons. The van der Waals surface area contributed by atoms with Crippen molar-refractivity contribution >= 4 is 12.0 Å². The fraction of sp³-hybridized carbons (Fsp3) is 0.600. The molecule has 2 aliphatic carbocycles. The first-order valence-electron chi connectivity index (χ1n) is 6.64. The Hall–Kier alpha value is -1.18. The number of ketones is 1. The van der Waals surface area contributed by atoms with Gasteiger partial charge in [-0.25, -0.2) is 0 Å². The molecule has 0 saturated heterocycles. The lowest BCUT2D eigenvalue weighted by atomic mass is 9.84. The molecule has 2 heteroatoms. The molecule has 0 aromatic carbocycles. The first-order chi connectivity index (χ1) is 8.21. The summed E-state index contributed by atoms with van der Waals surface area (Å²) in [5.74, 6) is 1.05. The third-order valence-electron chi connectivity index (χ3n) is 4.44. The van der Waals surface area contributed by atoms with E-state index in [2.05, 4.69) is 24.1 Å². The largest absolute Gasteiger partial charge is 0.300 e. The fourth-order valence-corrected chi connectivity index (χ4v) is 3.28. The molecule has 2 atom stereocenters. The second kappa shape index (κ2) is 3.94. The van der Waals surface area contributed by atoms with Gasteiger partial charge in [0.25, 0.3) is 0 Å². The summed E-state index contributed by atoms with van der Waals surface area (Å²) in [5, 5.41) is 0. The topological polar surface area (TPSA) is 29.4 Å². The summed E-state index contributed by atoms with van der Waals surface area (Å²) in [5.41, 5.74) is 2.81. The van der Waals surface area contributed by atoms with E-state index < -0.39 is 0 Å². The molecule has 3 rings (SSSR count). The van der Waals surface area contributed by atoms with Gasteiger partial charge in [0.2, 0.25) is 0 Å². The summed E-state index contributed by atoms with van der Waals surface area (Å²) in [7, 11) is 0. The summed E-state index contributed by atoms with van der Waals surface area (Å²) >= 11 is 0. The van der Waals surface area contributed by atoms with Crippen LogP contribution in [0.2, 0.25) is 0 Å². The Balaban J connectivity index is 1.83. The number of aliphatic imine (C=N–C) groups is 1. The van der Waals surface area contributed by atoms with Gasteiger partial charge in [0, 0.05) is 30.2 Å². The number of nitrogens with zero attached hydrogens (tertiary/aromatic N) is 1. The zero-order valence-corrected chi connectivity index (χ0v) is 10.4. The van der Waals surface area contributed by atoms with Gasteiger partial charge in [-0.3, -0.25) is 9.79 Å². The first kappa shape index (κ1) is 10.9. The highest BCUT2D eigenvalue weighted by molar-refractivity contribution is 5.81. The number of hydrogen-bond acceptors (Lipinski definition) is 2. The van der Waals surface area contributed by atoms with Crippen LogP contribution in [0.4, 0.5) is 0 Å². The van der Waals surface area contributed by atoms with E-state index in [4.69, 9.17) is 0 Å². The molecular formula is C15H19NO. The quantitative estimate of drug-likeness (QED) is 0.677. The first-order valence-corrected chi connectivity index (χ1v) is 6.64. The molecule has 3 aliphatic rings. The Morgan fingerprint density at radius 3 is 3.00 bits per heavy atom. The molecule has 0 aromatic rings. The van der Waals surface area contributed by atoms with E-state index >= 15 is 0 Å². The highest BCUT2D eigenvalue weighted by atomic mass is 16.1. The van der Waals surface area contributed by atoms with Gasteiger partial charge in [-0.2, -0.15) is 0 Å². The average molecular weight is 229 g/mol. The molecule has 0 bridgehead atoms. The van der Waals surface area contributed by atoms with E-state index in [0.29, 0.717) is 11.7 Å². The van der Waals surface area contributed by atoms with Crippen LogP contribution in [0, 0.1) is 11.3 Å². The van der Waals surface area contributed by atoms with Crippen LogP contribution in [0.1, 0.15) is 45.4 Å². The van der Waals surface area contributed by atoms with Gasteiger partial charge in [0.05, 0.1) is 0 Å². The predicted octanol–water partition coefficient (Wildman–Crippen LogP) is 3.44. The normalized spacial score (nSPS) is 44.5. The summed E-state index contributed by atoms with van der Waals surface area (Å²) in [6, 6.07) is 0. The second-order valence-corrected chi connectivity index (χ2v) is 5.67. The molecule has 2 saturated carbocycles.